The number of rotatable bonds is 7. The van der Waals surface area contributed by atoms with Crippen LogP contribution in [0.1, 0.15) is 53.7 Å². The fourth-order valence-electron chi connectivity index (χ4n) is 6.32. The van der Waals surface area contributed by atoms with E-state index in [1.165, 1.54) is 18.2 Å². The van der Waals surface area contributed by atoms with E-state index in [1.54, 1.807) is 17.7 Å². The van der Waals surface area contributed by atoms with Crippen LogP contribution < -0.4 is 16.2 Å². The van der Waals surface area contributed by atoms with Crippen LogP contribution in [0.4, 0.5) is 18.9 Å². The second-order valence-electron chi connectivity index (χ2n) is 10.8. The van der Waals surface area contributed by atoms with E-state index in [0.717, 1.165) is 32.0 Å². The predicted octanol–water partition coefficient (Wildman–Crippen LogP) is 3.28. The summed E-state index contributed by atoms with van der Waals surface area (Å²) >= 11 is 0. The van der Waals surface area contributed by atoms with E-state index in [1.807, 2.05) is 0 Å². The highest BCUT2D eigenvalue weighted by atomic mass is 19.3. The molecule has 2 saturated carbocycles. The van der Waals surface area contributed by atoms with Crippen molar-refractivity contribution in [3.63, 3.8) is 0 Å². The lowest BCUT2D eigenvalue weighted by Crippen LogP contribution is -2.48. The van der Waals surface area contributed by atoms with Gasteiger partial charge in [0.25, 0.3) is 17.9 Å². The molecule has 2 N–H and O–H groups in total. The summed E-state index contributed by atoms with van der Waals surface area (Å²) in [5.74, 6) is -0.601. The molecule has 2 aliphatic carbocycles. The maximum absolute atomic E-state index is 14.7. The zero-order chi connectivity index (χ0) is 25.4. The largest absolute Gasteiger partial charge is 0.381 e. The zero-order valence-corrected chi connectivity index (χ0v) is 20.1. The van der Waals surface area contributed by atoms with Crippen LogP contribution >= 0.6 is 0 Å². The number of nitrogens with one attached hydrogen (secondary N) is 2. The summed E-state index contributed by atoms with van der Waals surface area (Å²) in [6, 6.07) is 4.56. The van der Waals surface area contributed by atoms with Crippen molar-refractivity contribution >= 4 is 11.6 Å². The predicted molar refractivity (Wildman–Crippen MR) is 127 cm³/mol. The minimum atomic E-state index is -2.96. The average molecular weight is 503 g/mol. The van der Waals surface area contributed by atoms with Crippen LogP contribution in [0, 0.1) is 17.7 Å². The molecule has 5 fully saturated rings. The number of benzene rings is 1. The van der Waals surface area contributed by atoms with Crippen molar-refractivity contribution in [3.8, 4) is 0 Å². The number of carbonyl (C=O) groups is 1. The number of fused-ring (bicyclic) bond motifs is 2. The smallest absolute Gasteiger partial charge is 0.266 e. The van der Waals surface area contributed by atoms with Crippen molar-refractivity contribution in [1.29, 1.82) is 0 Å². The van der Waals surface area contributed by atoms with Crippen molar-refractivity contribution < 1.29 is 22.7 Å². The Labute approximate surface area is 206 Å². The molecule has 1 amide bonds. The molecule has 2 bridgehead atoms. The number of ether oxygens (including phenoxy) is 1. The molecule has 0 radical (unpaired) electrons. The van der Waals surface area contributed by atoms with E-state index < -0.39 is 35.3 Å². The third-order valence-electron chi connectivity index (χ3n) is 8.42. The molecule has 2 aromatic rings. The Morgan fingerprint density at radius 3 is 2.53 bits per heavy atom. The standard InChI is InChI=1S/C26H29F3N4O3/c1-13(15-4-3-5-16(22(15)27)24(28)29)30-25(35)19-11-33(26-7-14(8-26)36-12-26)21(34)6-20(19)31-23-17-9-32(2)10-18(17)23/h3-6,11,13-14,17-18,23-24,31H,7-10,12H2,1-2H3,(H,30,35)/t13-,14?,17-,18+,23+,26?/m1/s1. The first-order valence-electron chi connectivity index (χ1n) is 12.4. The molecule has 0 spiro atoms. The highest BCUT2D eigenvalue weighted by Crippen LogP contribution is 2.49. The molecule has 0 unspecified atom stereocenters. The molecule has 1 aromatic carbocycles. The number of halogens is 3. The molecule has 4 heterocycles. The van der Waals surface area contributed by atoms with Crippen molar-refractivity contribution in [3.05, 3.63) is 63.3 Å². The van der Waals surface area contributed by atoms with E-state index in [0.29, 0.717) is 24.1 Å². The van der Waals surface area contributed by atoms with Crippen LogP contribution in [0.15, 0.2) is 35.3 Å². The third kappa shape index (κ3) is 3.73. The highest BCUT2D eigenvalue weighted by Gasteiger charge is 2.56. The van der Waals surface area contributed by atoms with Crippen molar-refractivity contribution in [2.24, 2.45) is 11.8 Å². The van der Waals surface area contributed by atoms with Crippen LogP contribution in [0.5, 0.6) is 0 Å². The van der Waals surface area contributed by atoms with Gasteiger partial charge in [-0.05, 0) is 38.6 Å². The second kappa shape index (κ2) is 8.34. The Hall–Kier alpha value is -2.85. The summed E-state index contributed by atoms with van der Waals surface area (Å²) in [7, 11) is 2.07. The molecule has 5 aliphatic rings. The molecule has 3 aliphatic heterocycles. The molecule has 3 saturated heterocycles. The first-order valence-corrected chi connectivity index (χ1v) is 12.4. The first kappa shape index (κ1) is 23.5. The number of likely N-dealkylation sites (tertiary alicyclic amines) is 1. The number of hydrogen-bond acceptors (Lipinski definition) is 5. The maximum Gasteiger partial charge on any atom is 0.266 e. The lowest BCUT2D eigenvalue weighted by atomic mass is 9.78. The number of anilines is 1. The summed E-state index contributed by atoms with van der Waals surface area (Å²) in [5, 5.41) is 6.17. The van der Waals surface area contributed by atoms with Gasteiger partial charge in [-0.1, -0.05) is 18.2 Å². The van der Waals surface area contributed by atoms with E-state index in [2.05, 4.69) is 22.6 Å². The van der Waals surface area contributed by atoms with E-state index in [4.69, 9.17) is 4.74 Å². The van der Waals surface area contributed by atoms with Crippen molar-refractivity contribution in [1.82, 2.24) is 14.8 Å². The van der Waals surface area contributed by atoms with Gasteiger partial charge < -0.3 is 24.8 Å². The molecule has 36 heavy (non-hydrogen) atoms. The molecule has 7 rings (SSSR count). The van der Waals surface area contributed by atoms with Gasteiger partial charge in [0.05, 0.1) is 41.1 Å². The summed E-state index contributed by atoms with van der Waals surface area (Å²) in [5.41, 5.74) is -0.657. The number of hydrogen-bond donors (Lipinski definition) is 2. The van der Waals surface area contributed by atoms with Gasteiger partial charge in [0, 0.05) is 37.0 Å². The van der Waals surface area contributed by atoms with Crippen molar-refractivity contribution in [2.45, 2.75) is 49.9 Å². The SMILES string of the molecule is C[C@@H](NC(=O)c1cn(C23COC(C2)C3)c(=O)cc1N[C@H]1[C@@H]2CN(C)C[C@@H]21)c1cccc(C(F)F)c1F. The van der Waals surface area contributed by atoms with Gasteiger partial charge in [0.2, 0.25) is 0 Å². The Balaban J connectivity index is 1.30. The number of amides is 1. The Morgan fingerprint density at radius 2 is 1.89 bits per heavy atom. The molecular formula is C26H29F3N4O3. The minimum Gasteiger partial charge on any atom is -0.381 e. The van der Waals surface area contributed by atoms with Gasteiger partial charge in [-0.15, -0.1) is 0 Å². The minimum absolute atomic E-state index is 0.0200. The Kier molecular flexibility index (Phi) is 5.46. The molecule has 1 aromatic heterocycles. The average Bonchev–Trinajstić information content (AvgIpc) is 3.22. The van der Waals surface area contributed by atoms with Crippen LogP contribution in [-0.2, 0) is 10.3 Å². The van der Waals surface area contributed by atoms with Crippen molar-refractivity contribution in [2.75, 3.05) is 32.1 Å². The molecule has 192 valence electrons. The number of carbonyl (C=O) groups excluding carboxylic acids is 1. The highest BCUT2D eigenvalue weighted by molar-refractivity contribution is 5.99. The Bertz CT molecular complexity index is 1260. The fraction of sp³-hybridized carbons (Fsp3) is 0.538. The summed E-state index contributed by atoms with van der Waals surface area (Å²) in [6.45, 7) is 3.89. The Morgan fingerprint density at radius 1 is 1.19 bits per heavy atom. The van der Waals surface area contributed by atoms with Gasteiger partial charge in [-0.2, -0.15) is 0 Å². The lowest BCUT2D eigenvalue weighted by molar-refractivity contribution is 0.0937. The van der Waals surface area contributed by atoms with Gasteiger partial charge in [0.15, 0.2) is 0 Å². The number of nitrogens with zero attached hydrogens (tertiary/aromatic N) is 2. The second-order valence-corrected chi connectivity index (χ2v) is 10.8. The monoisotopic (exact) mass is 502 g/mol. The third-order valence-corrected chi connectivity index (χ3v) is 8.42. The van der Waals surface area contributed by atoms with Gasteiger partial charge in [-0.25, -0.2) is 13.2 Å². The fourth-order valence-corrected chi connectivity index (χ4v) is 6.32. The van der Waals surface area contributed by atoms with E-state index in [-0.39, 0.29) is 28.8 Å². The van der Waals surface area contributed by atoms with Gasteiger partial charge in [0.1, 0.15) is 5.82 Å². The quantitative estimate of drug-likeness (QED) is 0.608. The zero-order valence-electron chi connectivity index (χ0n) is 20.1. The first-order chi connectivity index (χ1) is 17.2. The number of piperidine rings is 1. The molecule has 7 nitrogen and oxygen atoms in total. The summed E-state index contributed by atoms with van der Waals surface area (Å²) in [4.78, 5) is 28.9. The summed E-state index contributed by atoms with van der Waals surface area (Å²) in [6.07, 6.45) is 0.209. The van der Waals surface area contributed by atoms with Gasteiger partial charge >= 0.3 is 0 Å². The van der Waals surface area contributed by atoms with Crippen LogP contribution in [0.25, 0.3) is 0 Å². The maximum atomic E-state index is 14.7. The summed E-state index contributed by atoms with van der Waals surface area (Å²) < 4.78 is 48.4. The van der Waals surface area contributed by atoms with Gasteiger partial charge in [-0.3, -0.25) is 9.59 Å². The topological polar surface area (TPSA) is 75.6 Å². The van der Waals surface area contributed by atoms with E-state index >= 15 is 0 Å². The van der Waals surface area contributed by atoms with Crippen LogP contribution in [-0.4, -0.2) is 54.3 Å². The number of aromatic nitrogens is 1. The number of pyridine rings is 1. The van der Waals surface area contributed by atoms with E-state index in [9.17, 15) is 22.8 Å². The number of alkyl halides is 2. The molecule has 10 heteroatoms. The van der Waals surface area contributed by atoms with Crippen LogP contribution in [0.2, 0.25) is 0 Å². The normalized spacial score (nSPS) is 31.2. The lowest BCUT2D eigenvalue weighted by Gasteiger charge is -2.37. The van der Waals surface area contributed by atoms with Crippen LogP contribution in [0.3, 0.4) is 0 Å². The molecular weight excluding hydrogens is 473 g/mol. The molecule has 4 atom stereocenters.